The Morgan fingerprint density at radius 3 is 2.27 bits per heavy atom. The molecule has 12 heteroatoms. The number of hydrogen-bond donors (Lipinski definition) is 1. The van der Waals surface area contributed by atoms with E-state index in [0.717, 1.165) is 17.0 Å². The molecule has 3 aromatic carbocycles. The van der Waals surface area contributed by atoms with Gasteiger partial charge in [-0.2, -0.15) is 5.10 Å². The van der Waals surface area contributed by atoms with Crippen LogP contribution in [0.2, 0.25) is 5.02 Å². The first-order valence-corrected chi connectivity index (χ1v) is 13.5. The number of carbonyl (C=O) groups is 1. The van der Waals surface area contributed by atoms with E-state index >= 15 is 0 Å². The van der Waals surface area contributed by atoms with Crippen molar-refractivity contribution in [3.8, 4) is 40.1 Å². The van der Waals surface area contributed by atoms with E-state index in [4.69, 9.17) is 30.5 Å². The van der Waals surface area contributed by atoms with Crippen LogP contribution in [-0.4, -0.2) is 60.6 Å². The third-order valence-electron chi connectivity index (χ3n) is 5.56. The van der Waals surface area contributed by atoms with Gasteiger partial charge in [-0.05, 0) is 67.6 Å². The molecule has 0 aliphatic heterocycles. The summed E-state index contributed by atoms with van der Waals surface area (Å²) in [5, 5.41) is 14.0. The van der Waals surface area contributed by atoms with E-state index in [-0.39, 0.29) is 11.7 Å². The van der Waals surface area contributed by atoms with Crippen LogP contribution in [0.4, 0.5) is 0 Å². The normalized spacial score (nSPS) is 10.9. The van der Waals surface area contributed by atoms with Crippen molar-refractivity contribution in [1.82, 2.24) is 20.2 Å². The molecule has 0 aliphatic carbocycles. The van der Waals surface area contributed by atoms with Crippen LogP contribution >= 0.6 is 23.4 Å². The van der Waals surface area contributed by atoms with Gasteiger partial charge >= 0.3 is 0 Å². The summed E-state index contributed by atoms with van der Waals surface area (Å²) in [6, 6.07) is 18.4. The molecule has 0 spiro atoms. The minimum absolute atomic E-state index is 0.0579. The zero-order valence-electron chi connectivity index (χ0n) is 22.4. The largest absolute Gasteiger partial charge is 0.494 e. The third kappa shape index (κ3) is 6.85. The highest BCUT2D eigenvalue weighted by atomic mass is 35.5. The van der Waals surface area contributed by atoms with Gasteiger partial charge < -0.3 is 18.9 Å². The van der Waals surface area contributed by atoms with Crippen LogP contribution in [0.15, 0.2) is 70.9 Å². The lowest BCUT2D eigenvalue weighted by molar-refractivity contribution is -0.118. The van der Waals surface area contributed by atoms with Gasteiger partial charge in [-0.25, -0.2) is 5.43 Å². The van der Waals surface area contributed by atoms with Gasteiger partial charge in [0.25, 0.3) is 5.91 Å². The number of halogens is 1. The monoisotopic (exact) mass is 581 g/mol. The highest BCUT2D eigenvalue weighted by Gasteiger charge is 2.18. The number of ether oxygens (including phenoxy) is 4. The van der Waals surface area contributed by atoms with Crippen LogP contribution in [0.3, 0.4) is 0 Å². The lowest BCUT2D eigenvalue weighted by Gasteiger charge is -2.12. The molecule has 0 saturated carbocycles. The number of rotatable bonds is 12. The van der Waals surface area contributed by atoms with Crippen molar-refractivity contribution in [1.29, 1.82) is 0 Å². The molecule has 0 aliphatic rings. The second kappa shape index (κ2) is 13.7. The highest BCUT2D eigenvalue weighted by Crippen LogP contribution is 2.37. The zero-order valence-corrected chi connectivity index (χ0v) is 24.0. The number of carbonyl (C=O) groups excluding carboxylic acids is 1. The molecule has 40 heavy (non-hydrogen) atoms. The molecule has 0 bridgehead atoms. The second-order valence-electron chi connectivity index (χ2n) is 8.12. The highest BCUT2D eigenvalue weighted by molar-refractivity contribution is 7.99. The summed E-state index contributed by atoms with van der Waals surface area (Å²) in [5.74, 6) is 2.54. The number of hydrogen-bond acceptors (Lipinski definition) is 9. The lowest BCUT2D eigenvalue weighted by atomic mass is 10.2. The third-order valence-corrected chi connectivity index (χ3v) is 6.74. The molecular weight excluding hydrogens is 554 g/mol. The SMILES string of the molecule is CCOc1ccc(-n2c(SCC(=O)NN=Cc3cc(OC)c(OC)c(OC)c3)nnc2-c2ccc(Cl)cc2)cc1. The molecule has 1 N–H and O–H groups in total. The maximum atomic E-state index is 12.6. The average molecular weight is 582 g/mol. The van der Waals surface area contributed by atoms with Crippen molar-refractivity contribution in [2.24, 2.45) is 5.10 Å². The van der Waals surface area contributed by atoms with Gasteiger partial charge in [-0.15, -0.1) is 10.2 Å². The van der Waals surface area contributed by atoms with E-state index in [1.165, 1.54) is 39.3 Å². The number of aromatic nitrogens is 3. The van der Waals surface area contributed by atoms with Gasteiger partial charge in [0.05, 0.1) is 39.9 Å². The Kier molecular flexibility index (Phi) is 9.87. The quantitative estimate of drug-likeness (QED) is 0.137. The molecule has 0 saturated heterocycles. The number of methoxy groups -OCH3 is 3. The number of thioether (sulfide) groups is 1. The van der Waals surface area contributed by atoms with E-state index in [1.54, 1.807) is 24.3 Å². The topological polar surface area (TPSA) is 109 Å². The van der Waals surface area contributed by atoms with Crippen LogP contribution < -0.4 is 24.4 Å². The summed E-state index contributed by atoms with van der Waals surface area (Å²) in [6.45, 7) is 2.50. The molecule has 0 atom stereocenters. The number of hydrazone groups is 1. The van der Waals surface area contributed by atoms with Crippen LogP contribution in [0.1, 0.15) is 12.5 Å². The molecule has 208 valence electrons. The van der Waals surface area contributed by atoms with Crippen molar-refractivity contribution in [2.45, 2.75) is 12.1 Å². The standard InChI is InChI=1S/C28H28ClN5O5S/c1-5-39-22-12-10-21(11-13-22)34-27(19-6-8-20(29)9-7-19)32-33-28(34)40-17-25(35)31-30-16-18-14-23(36-2)26(38-4)24(15-18)37-3/h6-16H,5,17H2,1-4H3,(H,31,35). The first kappa shape index (κ1) is 28.8. The summed E-state index contributed by atoms with van der Waals surface area (Å²) in [4.78, 5) is 12.6. The summed E-state index contributed by atoms with van der Waals surface area (Å²) in [6.07, 6.45) is 1.49. The Bertz CT molecular complexity index is 1450. The first-order valence-electron chi connectivity index (χ1n) is 12.2. The predicted molar refractivity (Wildman–Crippen MR) is 156 cm³/mol. The maximum Gasteiger partial charge on any atom is 0.250 e. The average Bonchev–Trinajstić information content (AvgIpc) is 3.40. The first-order chi connectivity index (χ1) is 19.5. The van der Waals surface area contributed by atoms with Crippen molar-refractivity contribution in [2.75, 3.05) is 33.7 Å². The van der Waals surface area contributed by atoms with Crippen molar-refractivity contribution in [3.05, 3.63) is 71.2 Å². The minimum Gasteiger partial charge on any atom is -0.494 e. The zero-order chi connectivity index (χ0) is 28.5. The van der Waals surface area contributed by atoms with Crippen LogP contribution in [0, 0.1) is 0 Å². The van der Waals surface area contributed by atoms with E-state index in [0.29, 0.717) is 45.4 Å². The van der Waals surface area contributed by atoms with E-state index in [9.17, 15) is 4.79 Å². The number of amides is 1. The molecule has 4 rings (SSSR count). The predicted octanol–water partition coefficient (Wildman–Crippen LogP) is 5.25. The molecule has 10 nitrogen and oxygen atoms in total. The number of benzene rings is 3. The fourth-order valence-electron chi connectivity index (χ4n) is 3.76. The summed E-state index contributed by atoms with van der Waals surface area (Å²) in [7, 11) is 4.59. The Morgan fingerprint density at radius 2 is 1.68 bits per heavy atom. The molecule has 1 heterocycles. The van der Waals surface area contributed by atoms with E-state index < -0.39 is 0 Å². The van der Waals surface area contributed by atoms with Gasteiger partial charge in [-0.1, -0.05) is 23.4 Å². The Labute approximate surface area is 241 Å². The summed E-state index contributed by atoms with van der Waals surface area (Å²) in [5.41, 5.74) is 4.85. The fraction of sp³-hybridized carbons (Fsp3) is 0.214. The molecule has 1 amide bonds. The Balaban J connectivity index is 1.50. The molecule has 4 aromatic rings. The Hall–Kier alpha value is -4.22. The van der Waals surface area contributed by atoms with Gasteiger partial charge in [0.2, 0.25) is 5.75 Å². The van der Waals surface area contributed by atoms with Gasteiger partial charge in [0.15, 0.2) is 22.5 Å². The van der Waals surface area contributed by atoms with Gasteiger partial charge in [0.1, 0.15) is 5.75 Å². The summed E-state index contributed by atoms with van der Waals surface area (Å²) < 4.78 is 23.5. The van der Waals surface area contributed by atoms with Crippen LogP contribution in [0.5, 0.6) is 23.0 Å². The molecule has 0 fully saturated rings. The van der Waals surface area contributed by atoms with Crippen molar-refractivity contribution >= 4 is 35.5 Å². The minimum atomic E-state index is -0.317. The molecular formula is C28H28ClN5O5S. The van der Waals surface area contributed by atoms with Crippen molar-refractivity contribution in [3.63, 3.8) is 0 Å². The molecule has 0 radical (unpaired) electrons. The van der Waals surface area contributed by atoms with Gasteiger partial charge in [0, 0.05) is 21.8 Å². The Morgan fingerprint density at radius 1 is 1.00 bits per heavy atom. The van der Waals surface area contributed by atoms with Gasteiger partial charge in [-0.3, -0.25) is 9.36 Å². The number of nitrogens with one attached hydrogen (secondary N) is 1. The molecule has 0 unspecified atom stereocenters. The van der Waals surface area contributed by atoms with Crippen LogP contribution in [0.25, 0.3) is 17.1 Å². The number of nitrogens with zero attached hydrogens (tertiary/aromatic N) is 4. The lowest BCUT2D eigenvalue weighted by Crippen LogP contribution is -2.20. The van der Waals surface area contributed by atoms with E-state index in [2.05, 4.69) is 20.7 Å². The van der Waals surface area contributed by atoms with Crippen LogP contribution in [-0.2, 0) is 4.79 Å². The molecule has 1 aromatic heterocycles. The van der Waals surface area contributed by atoms with E-state index in [1.807, 2.05) is 47.9 Å². The second-order valence-corrected chi connectivity index (χ2v) is 9.49. The fourth-order valence-corrected chi connectivity index (χ4v) is 4.63. The van der Waals surface area contributed by atoms with Crippen molar-refractivity contribution < 1.29 is 23.7 Å². The smallest absolute Gasteiger partial charge is 0.250 e. The maximum absolute atomic E-state index is 12.6. The summed E-state index contributed by atoms with van der Waals surface area (Å²) >= 11 is 7.32.